The molecule has 1 heterocycles. The van der Waals surface area contributed by atoms with Gasteiger partial charge in [0.2, 0.25) is 5.91 Å². The highest BCUT2D eigenvalue weighted by Gasteiger charge is 2.25. The third-order valence-corrected chi connectivity index (χ3v) is 5.52. The summed E-state index contributed by atoms with van der Waals surface area (Å²) in [5.41, 5.74) is 3.16. The zero-order valence-electron chi connectivity index (χ0n) is 17.1. The SMILES string of the molecule is CN(CC(=O)NC(=O)Nc1ccc2c(c1)OCCCO2)C1CCCc2ccccc21. The van der Waals surface area contributed by atoms with Gasteiger partial charge in [0.1, 0.15) is 0 Å². The second-order valence-corrected chi connectivity index (χ2v) is 7.74. The monoisotopic (exact) mass is 409 g/mol. The number of fused-ring (bicyclic) bond motifs is 2. The zero-order chi connectivity index (χ0) is 20.9. The first-order valence-electron chi connectivity index (χ1n) is 10.4. The standard InChI is InChI=1S/C23H27N3O4/c1-26(19-9-4-7-16-6-2-3-8-18(16)19)15-22(27)25-23(28)24-17-10-11-20-21(14-17)30-13-5-12-29-20/h2-3,6,8,10-11,14,19H,4-5,7,9,12-13,15H2,1H3,(H2,24,25,27,28). The molecule has 1 aliphatic heterocycles. The van der Waals surface area contributed by atoms with Crippen LogP contribution in [0.25, 0.3) is 0 Å². The van der Waals surface area contributed by atoms with Crippen LogP contribution in [0.4, 0.5) is 10.5 Å². The number of carbonyl (C=O) groups is 2. The Balaban J connectivity index is 1.32. The molecule has 4 rings (SSSR count). The van der Waals surface area contributed by atoms with Crippen molar-refractivity contribution in [2.24, 2.45) is 0 Å². The molecule has 2 aromatic rings. The molecule has 0 bridgehead atoms. The number of anilines is 1. The van der Waals surface area contributed by atoms with E-state index < -0.39 is 6.03 Å². The van der Waals surface area contributed by atoms with E-state index in [1.807, 2.05) is 18.0 Å². The molecule has 2 aliphatic rings. The average molecular weight is 409 g/mol. The number of likely N-dealkylation sites (N-methyl/N-ethyl adjacent to an activating group) is 1. The Morgan fingerprint density at radius 2 is 1.87 bits per heavy atom. The molecule has 158 valence electrons. The number of nitrogens with zero attached hydrogens (tertiary/aromatic N) is 1. The normalized spacial score (nSPS) is 17.6. The number of nitrogens with one attached hydrogen (secondary N) is 2. The van der Waals surface area contributed by atoms with Gasteiger partial charge in [0, 0.05) is 24.2 Å². The fourth-order valence-electron chi connectivity index (χ4n) is 4.09. The summed E-state index contributed by atoms with van der Waals surface area (Å²) in [4.78, 5) is 26.7. The predicted octanol–water partition coefficient (Wildman–Crippen LogP) is 3.51. The molecule has 30 heavy (non-hydrogen) atoms. The summed E-state index contributed by atoms with van der Waals surface area (Å²) in [7, 11) is 1.92. The lowest BCUT2D eigenvalue weighted by Gasteiger charge is -2.32. The number of hydrogen-bond acceptors (Lipinski definition) is 5. The molecule has 7 nitrogen and oxygen atoms in total. The van der Waals surface area contributed by atoms with Crippen molar-refractivity contribution in [2.45, 2.75) is 31.7 Å². The Hall–Kier alpha value is -3.06. The van der Waals surface area contributed by atoms with Crippen LogP contribution >= 0.6 is 0 Å². The van der Waals surface area contributed by atoms with Crippen LogP contribution < -0.4 is 20.1 Å². The molecule has 1 atom stereocenters. The predicted molar refractivity (Wildman–Crippen MR) is 114 cm³/mol. The summed E-state index contributed by atoms with van der Waals surface area (Å²) >= 11 is 0. The lowest BCUT2D eigenvalue weighted by Crippen LogP contribution is -2.42. The lowest BCUT2D eigenvalue weighted by molar-refractivity contribution is -0.121. The van der Waals surface area contributed by atoms with Crippen LogP contribution in [0.2, 0.25) is 0 Å². The molecule has 7 heteroatoms. The third kappa shape index (κ3) is 4.74. The van der Waals surface area contributed by atoms with Crippen molar-refractivity contribution in [2.75, 3.05) is 32.1 Å². The number of benzene rings is 2. The smallest absolute Gasteiger partial charge is 0.325 e. The number of urea groups is 1. The highest BCUT2D eigenvalue weighted by atomic mass is 16.5. The first-order chi connectivity index (χ1) is 14.6. The maximum Gasteiger partial charge on any atom is 0.325 e. The minimum atomic E-state index is -0.563. The van der Waals surface area contributed by atoms with Crippen LogP contribution in [-0.4, -0.2) is 43.6 Å². The summed E-state index contributed by atoms with van der Waals surface area (Å²) in [5, 5.41) is 5.10. The van der Waals surface area contributed by atoms with Crippen LogP contribution in [0.3, 0.4) is 0 Å². The maximum atomic E-state index is 12.4. The van der Waals surface area contributed by atoms with Crippen molar-refractivity contribution < 1.29 is 19.1 Å². The number of rotatable bonds is 4. The molecule has 0 aromatic heterocycles. The van der Waals surface area contributed by atoms with Crippen LogP contribution in [0, 0.1) is 0 Å². The van der Waals surface area contributed by atoms with Gasteiger partial charge in [-0.2, -0.15) is 0 Å². The van der Waals surface area contributed by atoms with E-state index >= 15 is 0 Å². The molecule has 2 N–H and O–H groups in total. The highest BCUT2D eigenvalue weighted by Crippen LogP contribution is 2.33. The maximum absolute atomic E-state index is 12.4. The van der Waals surface area contributed by atoms with Gasteiger partial charge in [-0.25, -0.2) is 4.79 Å². The largest absolute Gasteiger partial charge is 0.490 e. The molecule has 0 saturated heterocycles. The lowest BCUT2D eigenvalue weighted by atomic mass is 9.87. The molecule has 2 aromatic carbocycles. The summed E-state index contributed by atoms with van der Waals surface area (Å²) < 4.78 is 11.2. The second kappa shape index (κ2) is 9.17. The Morgan fingerprint density at radius 3 is 2.73 bits per heavy atom. The van der Waals surface area contributed by atoms with E-state index in [2.05, 4.69) is 28.8 Å². The molecule has 3 amide bonds. The fourth-order valence-corrected chi connectivity index (χ4v) is 4.09. The number of hydrogen-bond donors (Lipinski definition) is 2. The minimum Gasteiger partial charge on any atom is -0.490 e. The molecule has 0 radical (unpaired) electrons. The van der Waals surface area contributed by atoms with Crippen molar-refractivity contribution in [3.63, 3.8) is 0 Å². The molecular weight excluding hydrogens is 382 g/mol. The van der Waals surface area contributed by atoms with Gasteiger partial charge in [0.15, 0.2) is 11.5 Å². The summed E-state index contributed by atoms with van der Waals surface area (Å²) in [6.45, 7) is 1.32. The van der Waals surface area contributed by atoms with Gasteiger partial charge in [0.25, 0.3) is 0 Å². The van der Waals surface area contributed by atoms with E-state index in [4.69, 9.17) is 9.47 Å². The van der Waals surface area contributed by atoms with E-state index in [1.54, 1.807) is 18.2 Å². The number of imide groups is 1. The van der Waals surface area contributed by atoms with Crippen molar-refractivity contribution in [3.05, 3.63) is 53.6 Å². The van der Waals surface area contributed by atoms with Gasteiger partial charge in [0.05, 0.1) is 19.8 Å². The van der Waals surface area contributed by atoms with Crippen molar-refractivity contribution in [3.8, 4) is 11.5 Å². The van der Waals surface area contributed by atoms with E-state index in [1.165, 1.54) is 11.1 Å². The van der Waals surface area contributed by atoms with Crippen molar-refractivity contribution in [1.29, 1.82) is 0 Å². The molecular formula is C23H27N3O4. The number of aryl methyl sites for hydroxylation is 1. The highest BCUT2D eigenvalue weighted by molar-refractivity contribution is 6.01. The second-order valence-electron chi connectivity index (χ2n) is 7.74. The van der Waals surface area contributed by atoms with E-state index in [0.29, 0.717) is 30.4 Å². The van der Waals surface area contributed by atoms with Gasteiger partial charge >= 0.3 is 6.03 Å². The Morgan fingerprint density at radius 1 is 1.07 bits per heavy atom. The first kappa shape index (κ1) is 20.2. The molecule has 1 aliphatic carbocycles. The Bertz CT molecular complexity index is 930. The average Bonchev–Trinajstić information content (AvgIpc) is 2.98. The molecule has 0 fully saturated rings. The Kier molecular flexibility index (Phi) is 6.18. The van der Waals surface area contributed by atoms with Crippen LogP contribution in [0.1, 0.15) is 36.4 Å². The van der Waals surface area contributed by atoms with E-state index in [-0.39, 0.29) is 18.5 Å². The van der Waals surface area contributed by atoms with Gasteiger partial charge in [-0.3, -0.25) is 15.0 Å². The summed E-state index contributed by atoms with van der Waals surface area (Å²) in [5.74, 6) is 0.906. The van der Waals surface area contributed by atoms with Crippen LogP contribution in [0.15, 0.2) is 42.5 Å². The number of carbonyl (C=O) groups excluding carboxylic acids is 2. The number of ether oxygens (including phenoxy) is 2. The van der Waals surface area contributed by atoms with Crippen LogP contribution in [0.5, 0.6) is 11.5 Å². The summed E-state index contributed by atoms with van der Waals surface area (Å²) in [6, 6.07) is 13.2. The van der Waals surface area contributed by atoms with Gasteiger partial charge < -0.3 is 14.8 Å². The minimum absolute atomic E-state index is 0.146. The zero-order valence-corrected chi connectivity index (χ0v) is 17.1. The van der Waals surface area contributed by atoms with Gasteiger partial charge in [-0.15, -0.1) is 0 Å². The molecule has 0 saturated carbocycles. The molecule has 1 unspecified atom stereocenters. The third-order valence-electron chi connectivity index (χ3n) is 5.52. The topological polar surface area (TPSA) is 79.9 Å². The van der Waals surface area contributed by atoms with Crippen LogP contribution in [-0.2, 0) is 11.2 Å². The van der Waals surface area contributed by atoms with Gasteiger partial charge in [-0.1, -0.05) is 24.3 Å². The van der Waals surface area contributed by atoms with E-state index in [9.17, 15) is 9.59 Å². The molecule has 0 spiro atoms. The van der Waals surface area contributed by atoms with Gasteiger partial charge in [-0.05, 0) is 49.6 Å². The van der Waals surface area contributed by atoms with Crippen molar-refractivity contribution in [1.82, 2.24) is 10.2 Å². The Labute approximate surface area is 176 Å². The number of amides is 3. The summed E-state index contributed by atoms with van der Waals surface area (Å²) in [6.07, 6.45) is 3.98. The fraction of sp³-hybridized carbons (Fsp3) is 0.391. The van der Waals surface area contributed by atoms with Crippen molar-refractivity contribution >= 4 is 17.6 Å². The quantitative estimate of drug-likeness (QED) is 0.808. The first-order valence-corrected chi connectivity index (χ1v) is 10.4. The van der Waals surface area contributed by atoms with E-state index in [0.717, 1.165) is 25.7 Å².